The van der Waals surface area contributed by atoms with Gasteiger partial charge in [0.25, 0.3) is 5.91 Å². The van der Waals surface area contributed by atoms with Gasteiger partial charge < -0.3 is 4.90 Å². The van der Waals surface area contributed by atoms with Gasteiger partial charge in [-0.3, -0.25) is 4.79 Å². The fourth-order valence-corrected chi connectivity index (χ4v) is 3.42. The van der Waals surface area contributed by atoms with Crippen molar-refractivity contribution in [1.82, 2.24) is 9.78 Å². The molecule has 0 radical (unpaired) electrons. The highest BCUT2D eigenvalue weighted by Crippen LogP contribution is 2.29. The number of hydrogen-bond donors (Lipinski definition) is 0. The Morgan fingerprint density at radius 3 is 2.67 bits per heavy atom. The maximum Gasteiger partial charge on any atom is 0.261 e. The summed E-state index contributed by atoms with van der Waals surface area (Å²) in [5.74, 6) is 0.0146. The largest absolute Gasteiger partial charge is 0.308 e. The van der Waals surface area contributed by atoms with Crippen molar-refractivity contribution in [2.75, 3.05) is 11.4 Å². The summed E-state index contributed by atoms with van der Waals surface area (Å²) in [7, 11) is 0. The van der Waals surface area contributed by atoms with E-state index in [1.165, 1.54) is 5.56 Å². The summed E-state index contributed by atoms with van der Waals surface area (Å²) in [6, 6.07) is 16.0. The molecule has 0 fully saturated rings. The topological polar surface area (TPSA) is 38.1 Å². The van der Waals surface area contributed by atoms with Gasteiger partial charge >= 0.3 is 0 Å². The molecule has 0 N–H and O–H groups in total. The number of carbonyl (C=O) groups is 1. The molecular weight excluding hydrogens is 366 g/mol. The Morgan fingerprint density at radius 1 is 1.12 bits per heavy atom. The summed E-state index contributed by atoms with van der Waals surface area (Å²) < 4.78 is 2.82. The Bertz CT molecular complexity index is 915. The zero-order valence-corrected chi connectivity index (χ0v) is 14.8. The molecule has 1 aromatic heterocycles. The van der Waals surface area contributed by atoms with E-state index in [2.05, 4.69) is 27.1 Å². The van der Waals surface area contributed by atoms with Crippen molar-refractivity contribution in [3.05, 3.63) is 76.0 Å². The summed E-state index contributed by atoms with van der Waals surface area (Å²) in [6.07, 6.45) is 2.57. The first-order chi connectivity index (χ1) is 11.6. The standard InChI is InChI=1S/C19H16BrN3O/c1-13-17(12-21-23(13)16-8-6-15(20)7-9-16)19(24)22-11-10-14-4-2-3-5-18(14)22/h2-9,12H,10-11H2,1H3. The highest BCUT2D eigenvalue weighted by Gasteiger charge is 2.27. The molecule has 0 atom stereocenters. The molecule has 4 rings (SSSR count). The van der Waals surface area contributed by atoms with Crippen LogP contribution >= 0.6 is 15.9 Å². The molecule has 0 bridgehead atoms. The van der Waals surface area contributed by atoms with Gasteiger partial charge in [-0.1, -0.05) is 34.1 Å². The van der Waals surface area contributed by atoms with Crippen LogP contribution in [0.1, 0.15) is 21.6 Å². The Hall–Kier alpha value is -2.40. The van der Waals surface area contributed by atoms with E-state index >= 15 is 0 Å². The van der Waals surface area contributed by atoms with E-state index in [1.807, 2.05) is 59.0 Å². The normalized spacial score (nSPS) is 13.2. The number of benzene rings is 2. The van der Waals surface area contributed by atoms with Gasteiger partial charge in [-0.05, 0) is 49.2 Å². The van der Waals surface area contributed by atoms with E-state index in [4.69, 9.17) is 0 Å². The van der Waals surface area contributed by atoms with E-state index in [9.17, 15) is 4.79 Å². The molecule has 1 aliphatic heterocycles. The predicted molar refractivity (Wildman–Crippen MR) is 97.8 cm³/mol. The lowest BCUT2D eigenvalue weighted by Gasteiger charge is -2.17. The van der Waals surface area contributed by atoms with Crippen molar-refractivity contribution in [3.63, 3.8) is 0 Å². The number of anilines is 1. The van der Waals surface area contributed by atoms with Crippen LogP contribution in [-0.4, -0.2) is 22.2 Å². The Kier molecular flexibility index (Phi) is 3.73. The second-order valence-electron chi connectivity index (χ2n) is 5.87. The fraction of sp³-hybridized carbons (Fsp3) is 0.158. The SMILES string of the molecule is Cc1c(C(=O)N2CCc3ccccc32)cnn1-c1ccc(Br)cc1. The molecule has 2 heterocycles. The van der Waals surface area contributed by atoms with Crippen LogP contribution in [0.4, 0.5) is 5.69 Å². The Morgan fingerprint density at radius 2 is 1.88 bits per heavy atom. The predicted octanol–water partition coefficient (Wildman–Crippen LogP) is 4.15. The van der Waals surface area contributed by atoms with Crippen molar-refractivity contribution >= 4 is 27.5 Å². The van der Waals surface area contributed by atoms with Crippen LogP contribution in [0.5, 0.6) is 0 Å². The quantitative estimate of drug-likeness (QED) is 0.668. The Labute approximate surface area is 148 Å². The average molecular weight is 382 g/mol. The van der Waals surface area contributed by atoms with Crippen LogP contribution < -0.4 is 4.90 Å². The van der Waals surface area contributed by atoms with Gasteiger partial charge in [-0.15, -0.1) is 0 Å². The molecular formula is C19H16BrN3O. The first-order valence-electron chi connectivity index (χ1n) is 7.85. The molecule has 2 aromatic carbocycles. The molecule has 4 nitrogen and oxygen atoms in total. The van der Waals surface area contributed by atoms with Gasteiger partial charge in [0.2, 0.25) is 0 Å². The smallest absolute Gasteiger partial charge is 0.261 e. The van der Waals surface area contributed by atoms with Crippen molar-refractivity contribution in [2.45, 2.75) is 13.3 Å². The van der Waals surface area contributed by atoms with Crippen molar-refractivity contribution in [2.24, 2.45) is 0 Å². The van der Waals surface area contributed by atoms with E-state index in [0.717, 1.165) is 34.5 Å². The minimum absolute atomic E-state index is 0.0146. The number of halogens is 1. The summed E-state index contributed by atoms with van der Waals surface area (Å²) >= 11 is 3.43. The Balaban J connectivity index is 1.69. The van der Waals surface area contributed by atoms with E-state index < -0.39 is 0 Å². The highest BCUT2D eigenvalue weighted by atomic mass is 79.9. The lowest BCUT2D eigenvalue weighted by molar-refractivity contribution is 0.0989. The van der Waals surface area contributed by atoms with Gasteiger partial charge in [0.1, 0.15) is 0 Å². The number of hydrogen-bond acceptors (Lipinski definition) is 2. The van der Waals surface area contributed by atoms with Crippen molar-refractivity contribution in [1.29, 1.82) is 0 Å². The lowest BCUT2D eigenvalue weighted by Crippen LogP contribution is -2.29. The molecule has 0 saturated heterocycles. The third-order valence-corrected chi connectivity index (χ3v) is 4.97. The number of carbonyl (C=O) groups excluding carboxylic acids is 1. The zero-order chi connectivity index (χ0) is 16.7. The number of fused-ring (bicyclic) bond motifs is 1. The molecule has 0 aliphatic carbocycles. The number of nitrogens with zero attached hydrogens (tertiary/aromatic N) is 3. The first-order valence-corrected chi connectivity index (χ1v) is 8.65. The van der Waals surface area contributed by atoms with E-state index in [-0.39, 0.29) is 5.91 Å². The molecule has 0 unspecified atom stereocenters. The van der Waals surface area contributed by atoms with Crippen LogP contribution in [-0.2, 0) is 6.42 Å². The van der Waals surface area contributed by atoms with E-state index in [0.29, 0.717) is 5.56 Å². The monoisotopic (exact) mass is 381 g/mol. The van der Waals surface area contributed by atoms with Crippen LogP contribution in [0.25, 0.3) is 5.69 Å². The van der Waals surface area contributed by atoms with Crippen molar-refractivity contribution < 1.29 is 4.79 Å². The third kappa shape index (κ3) is 2.45. The summed E-state index contributed by atoms with van der Waals surface area (Å²) in [4.78, 5) is 14.8. The maximum absolute atomic E-state index is 13.0. The van der Waals surface area contributed by atoms with Gasteiger partial charge in [-0.2, -0.15) is 5.10 Å². The van der Waals surface area contributed by atoms with Crippen LogP contribution in [0, 0.1) is 6.92 Å². The minimum atomic E-state index is 0.0146. The second kappa shape index (κ2) is 5.91. The molecule has 0 saturated carbocycles. The van der Waals surface area contributed by atoms with E-state index in [1.54, 1.807) is 6.20 Å². The molecule has 0 spiro atoms. The first kappa shape index (κ1) is 15.1. The number of rotatable bonds is 2. The summed E-state index contributed by atoms with van der Waals surface area (Å²) in [5, 5.41) is 4.42. The number of para-hydroxylation sites is 1. The van der Waals surface area contributed by atoms with Crippen LogP contribution in [0.3, 0.4) is 0 Å². The molecule has 5 heteroatoms. The summed E-state index contributed by atoms with van der Waals surface area (Å²) in [5.41, 5.74) is 4.68. The average Bonchev–Trinajstić information content (AvgIpc) is 3.19. The van der Waals surface area contributed by atoms with Crippen molar-refractivity contribution in [3.8, 4) is 5.69 Å². The lowest BCUT2D eigenvalue weighted by atomic mass is 10.1. The van der Waals surface area contributed by atoms with Gasteiger partial charge in [-0.25, -0.2) is 4.68 Å². The van der Waals surface area contributed by atoms with Crippen LogP contribution in [0.2, 0.25) is 0 Å². The number of amides is 1. The third-order valence-electron chi connectivity index (χ3n) is 4.44. The fourth-order valence-electron chi connectivity index (χ4n) is 3.16. The second-order valence-corrected chi connectivity index (χ2v) is 6.78. The van der Waals surface area contributed by atoms with Gasteiger partial charge in [0.15, 0.2) is 0 Å². The minimum Gasteiger partial charge on any atom is -0.308 e. The molecule has 120 valence electrons. The van der Waals surface area contributed by atoms with Gasteiger partial charge in [0.05, 0.1) is 23.1 Å². The molecule has 24 heavy (non-hydrogen) atoms. The number of aromatic nitrogens is 2. The highest BCUT2D eigenvalue weighted by molar-refractivity contribution is 9.10. The molecule has 1 amide bonds. The summed E-state index contributed by atoms with van der Waals surface area (Å²) in [6.45, 7) is 2.66. The van der Waals surface area contributed by atoms with Gasteiger partial charge in [0, 0.05) is 16.7 Å². The molecule has 1 aliphatic rings. The maximum atomic E-state index is 13.0. The van der Waals surface area contributed by atoms with Crippen LogP contribution in [0.15, 0.2) is 59.2 Å². The molecule has 3 aromatic rings. The zero-order valence-electron chi connectivity index (χ0n) is 13.2.